The maximum Gasteiger partial charge on any atom is 0.222 e. The molecule has 27 heavy (non-hydrogen) atoms. The van der Waals surface area contributed by atoms with Crippen LogP contribution in [0.2, 0.25) is 5.02 Å². The number of carbonyl (C=O) groups is 1. The molecular weight excluding hydrogens is 385 g/mol. The van der Waals surface area contributed by atoms with E-state index in [1.807, 2.05) is 49.4 Å². The minimum atomic E-state index is -0.298. The summed E-state index contributed by atoms with van der Waals surface area (Å²) in [4.78, 5) is 13.2. The van der Waals surface area contributed by atoms with Crippen molar-refractivity contribution in [3.63, 3.8) is 0 Å². The first-order chi connectivity index (χ1) is 13.0. The lowest BCUT2D eigenvalue weighted by Gasteiger charge is -2.32. The molecule has 0 bridgehead atoms. The molecule has 1 unspecified atom stereocenters. The number of rotatable bonds is 7. The standard InChI is InChI=1S/C21H23Cl2NO3/c1-15-3-2-4-19(22)18(15)14-27-17-7-5-16(6-8-17)20-13-24(11-12-26-20)10-9-21(23)25/h2-8,20H,9-14H2,1H3. The molecule has 0 saturated carbocycles. The highest BCUT2D eigenvalue weighted by molar-refractivity contribution is 6.63. The number of morpholine rings is 1. The molecule has 0 amide bonds. The van der Waals surface area contributed by atoms with Crippen LogP contribution in [0.3, 0.4) is 0 Å². The second-order valence-electron chi connectivity index (χ2n) is 6.66. The highest BCUT2D eigenvalue weighted by Crippen LogP contribution is 2.26. The Balaban J connectivity index is 1.57. The molecular formula is C21H23Cl2NO3. The van der Waals surface area contributed by atoms with Gasteiger partial charge in [-0.05, 0) is 47.9 Å². The fraction of sp³-hybridized carbons (Fsp3) is 0.381. The minimum absolute atomic E-state index is 0.0101. The largest absolute Gasteiger partial charge is 0.489 e. The fourth-order valence-corrected chi connectivity index (χ4v) is 3.50. The van der Waals surface area contributed by atoms with Gasteiger partial charge in [-0.15, -0.1) is 0 Å². The summed E-state index contributed by atoms with van der Waals surface area (Å²) in [5.41, 5.74) is 3.21. The van der Waals surface area contributed by atoms with Crippen molar-refractivity contribution in [1.29, 1.82) is 0 Å². The predicted molar refractivity (Wildman–Crippen MR) is 108 cm³/mol. The van der Waals surface area contributed by atoms with Gasteiger partial charge in [0.05, 0.1) is 12.7 Å². The zero-order valence-corrected chi connectivity index (χ0v) is 16.8. The number of carbonyl (C=O) groups excluding carboxylic acids is 1. The van der Waals surface area contributed by atoms with Gasteiger partial charge in [0.25, 0.3) is 0 Å². The van der Waals surface area contributed by atoms with Gasteiger partial charge in [-0.1, -0.05) is 35.9 Å². The van der Waals surface area contributed by atoms with Gasteiger partial charge in [0, 0.05) is 36.6 Å². The van der Waals surface area contributed by atoms with Crippen molar-refractivity contribution in [2.45, 2.75) is 26.1 Å². The monoisotopic (exact) mass is 407 g/mol. The molecule has 1 saturated heterocycles. The zero-order chi connectivity index (χ0) is 19.2. The summed E-state index contributed by atoms with van der Waals surface area (Å²) in [6, 6.07) is 13.8. The summed E-state index contributed by atoms with van der Waals surface area (Å²) < 4.78 is 11.8. The van der Waals surface area contributed by atoms with E-state index in [1.54, 1.807) is 0 Å². The molecule has 2 aromatic rings. The van der Waals surface area contributed by atoms with Crippen LogP contribution < -0.4 is 4.74 Å². The Morgan fingerprint density at radius 3 is 2.74 bits per heavy atom. The molecule has 1 aliphatic heterocycles. The molecule has 0 N–H and O–H groups in total. The minimum Gasteiger partial charge on any atom is -0.489 e. The first-order valence-electron chi connectivity index (χ1n) is 9.02. The van der Waals surface area contributed by atoms with E-state index in [2.05, 4.69) is 4.90 Å². The number of hydrogen-bond acceptors (Lipinski definition) is 4. The van der Waals surface area contributed by atoms with Crippen molar-refractivity contribution in [3.8, 4) is 5.75 Å². The third kappa shape index (κ3) is 5.69. The number of aryl methyl sites for hydroxylation is 1. The molecule has 6 heteroatoms. The van der Waals surface area contributed by atoms with Gasteiger partial charge >= 0.3 is 0 Å². The first-order valence-corrected chi connectivity index (χ1v) is 9.77. The van der Waals surface area contributed by atoms with Crippen LogP contribution in [0.1, 0.15) is 29.2 Å². The van der Waals surface area contributed by atoms with E-state index in [4.69, 9.17) is 32.7 Å². The molecule has 1 fully saturated rings. The third-order valence-corrected chi connectivity index (χ3v) is 5.31. The lowest BCUT2D eigenvalue weighted by atomic mass is 10.1. The number of nitrogens with zero attached hydrogens (tertiary/aromatic N) is 1. The Morgan fingerprint density at radius 1 is 1.26 bits per heavy atom. The summed E-state index contributed by atoms with van der Waals surface area (Å²) in [6.07, 6.45) is 0.353. The van der Waals surface area contributed by atoms with Gasteiger partial charge < -0.3 is 9.47 Å². The summed E-state index contributed by atoms with van der Waals surface area (Å²) in [6.45, 7) is 5.34. The fourth-order valence-electron chi connectivity index (χ4n) is 3.14. The molecule has 0 radical (unpaired) electrons. The lowest BCUT2D eigenvalue weighted by molar-refractivity contribution is -0.112. The number of halogens is 2. The molecule has 144 valence electrons. The average Bonchev–Trinajstić information content (AvgIpc) is 2.67. The number of benzene rings is 2. The Bertz CT molecular complexity index is 759. The van der Waals surface area contributed by atoms with Gasteiger partial charge in [-0.3, -0.25) is 9.69 Å². The number of hydrogen-bond donors (Lipinski definition) is 0. The van der Waals surface area contributed by atoms with Crippen LogP contribution >= 0.6 is 23.2 Å². The van der Waals surface area contributed by atoms with E-state index >= 15 is 0 Å². The van der Waals surface area contributed by atoms with E-state index in [1.165, 1.54) is 0 Å². The summed E-state index contributed by atoms with van der Waals surface area (Å²) >= 11 is 11.7. The van der Waals surface area contributed by atoms with Crippen molar-refractivity contribution in [2.24, 2.45) is 0 Å². The van der Waals surface area contributed by atoms with Crippen LogP contribution in [-0.2, 0) is 16.1 Å². The normalized spacial score (nSPS) is 17.7. The Morgan fingerprint density at radius 2 is 2.04 bits per heavy atom. The molecule has 0 aliphatic carbocycles. The van der Waals surface area contributed by atoms with E-state index in [9.17, 15) is 4.79 Å². The third-order valence-electron chi connectivity index (χ3n) is 4.76. The summed E-state index contributed by atoms with van der Waals surface area (Å²) in [5.74, 6) is 0.790. The number of ether oxygens (including phenoxy) is 2. The Hall–Kier alpha value is -1.59. The smallest absolute Gasteiger partial charge is 0.222 e. The van der Waals surface area contributed by atoms with E-state index in [0.29, 0.717) is 26.2 Å². The predicted octanol–water partition coefficient (Wildman–Crippen LogP) is 4.76. The summed E-state index contributed by atoms with van der Waals surface area (Å²) in [5, 5.41) is 0.422. The average molecular weight is 408 g/mol. The SMILES string of the molecule is Cc1cccc(Cl)c1COc1ccc(C2CN(CCC(=O)Cl)CCO2)cc1. The van der Waals surface area contributed by atoms with Gasteiger partial charge in [0.2, 0.25) is 5.24 Å². The molecule has 1 aliphatic rings. The van der Waals surface area contributed by atoms with Crippen molar-refractivity contribution in [3.05, 3.63) is 64.2 Å². The molecule has 0 aromatic heterocycles. The highest BCUT2D eigenvalue weighted by Gasteiger charge is 2.22. The molecule has 3 rings (SSSR count). The van der Waals surface area contributed by atoms with Crippen LogP contribution in [0.5, 0.6) is 5.75 Å². The Kier molecular flexibility index (Phi) is 7.13. The van der Waals surface area contributed by atoms with Crippen LogP contribution in [0, 0.1) is 6.92 Å². The van der Waals surface area contributed by atoms with Crippen LogP contribution in [-0.4, -0.2) is 36.4 Å². The lowest BCUT2D eigenvalue weighted by Crippen LogP contribution is -2.39. The quantitative estimate of drug-likeness (QED) is 0.620. The maximum absolute atomic E-state index is 11.0. The van der Waals surface area contributed by atoms with Crippen molar-refractivity contribution < 1.29 is 14.3 Å². The van der Waals surface area contributed by atoms with Gasteiger partial charge in [0.15, 0.2) is 0 Å². The summed E-state index contributed by atoms with van der Waals surface area (Å²) in [7, 11) is 0. The Labute approximate surface area is 170 Å². The van der Waals surface area contributed by atoms with E-state index in [0.717, 1.165) is 40.6 Å². The van der Waals surface area contributed by atoms with Crippen LogP contribution in [0.25, 0.3) is 0 Å². The maximum atomic E-state index is 11.0. The van der Waals surface area contributed by atoms with Crippen LogP contribution in [0.15, 0.2) is 42.5 Å². The van der Waals surface area contributed by atoms with Crippen molar-refractivity contribution in [1.82, 2.24) is 4.90 Å². The molecule has 2 aromatic carbocycles. The first kappa shape index (κ1) is 20.2. The molecule has 4 nitrogen and oxygen atoms in total. The second kappa shape index (κ2) is 9.56. The zero-order valence-electron chi connectivity index (χ0n) is 15.3. The van der Waals surface area contributed by atoms with Gasteiger partial charge in [-0.2, -0.15) is 0 Å². The molecule has 1 atom stereocenters. The topological polar surface area (TPSA) is 38.8 Å². The van der Waals surface area contributed by atoms with Gasteiger partial charge in [0.1, 0.15) is 12.4 Å². The van der Waals surface area contributed by atoms with E-state index < -0.39 is 0 Å². The van der Waals surface area contributed by atoms with Crippen LogP contribution in [0.4, 0.5) is 0 Å². The van der Waals surface area contributed by atoms with E-state index in [-0.39, 0.29) is 11.3 Å². The molecule has 0 spiro atoms. The second-order valence-corrected chi connectivity index (χ2v) is 7.49. The van der Waals surface area contributed by atoms with Crippen molar-refractivity contribution >= 4 is 28.4 Å². The van der Waals surface area contributed by atoms with Crippen molar-refractivity contribution in [2.75, 3.05) is 26.2 Å². The van der Waals surface area contributed by atoms with Gasteiger partial charge in [-0.25, -0.2) is 0 Å². The highest BCUT2D eigenvalue weighted by atomic mass is 35.5. The molecule has 1 heterocycles.